The van der Waals surface area contributed by atoms with Crippen molar-refractivity contribution in [2.75, 3.05) is 6.54 Å². The van der Waals surface area contributed by atoms with Gasteiger partial charge in [-0.3, -0.25) is 24.0 Å². The first kappa shape index (κ1) is 28.0. The lowest BCUT2D eigenvalue weighted by atomic mass is 10.0. The lowest BCUT2D eigenvalue weighted by Crippen LogP contribution is -2.57. The summed E-state index contributed by atoms with van der Waals surface area (Å²) in [4.78, 5) is 73.3. The smallest absolute Gasteiger partial charge is 0.326 e. The molecule has 1 fully saturated rings. The molecule has 0 radical (unpaired) electrons. The van der Waals surface area contributed by atoms with Gasteiger partial charge in [-0.05, 0) is 37.0 Å². The Hall–Kier alpha value is -4.20. The summed E-state index contributed by atoms with van der Waals surface area (Å²) in [5, 5.41) is 32.3. The van der Waals surface area contributed by atoms with E-state index in [1.54, 1.807) is 12.1 Å². The van der Waals surface area contributed by atoms with Crippen molar-refractivity contribution in [3.05, 3.63) is 29.8 Å². The number of nitrogens with two attached hydrogens (primary N) is 2. The van der Waals surface area contributed by atoms with E-state index in [9.17, 15) is 44.1 Å². The van der Waals surface area contributed by atoms with E-state index in [-0.39, 0.29) is 25.1 Å². The van der Waals surface area contributed by atoms with Gasteiger partial charge in [-0.25, -0.2) is 4.79 Å². The van der Waals surface area contributed by atoms with Gasteiger partial charge in [0.05, 0.1) is 18.9 Å². The molecule has 0 aromatic heterocycles. The van der Waals surface area contributed by atoms with Crippen LogP contribution in [0.25, 0.3) is 0 Å². The number of likely N-dealkylation sites (tertiary alicyclic amines) is 1. The number of phenolic OH excluding ortho intramolecular Hbond substituents is 1. The Morgan fingerprint density at radius 3 is 2.19 bits per heavy atom. The van der Waals surface area contributed by atoms with E-state index in [0.717, 1.165) is 4.90 Å². The van der Waals surface area contributed by atoms with Crippen molar-refractivity contribution in [1.29, 1.82) is 0 Å². The van der Waals surface area contributed by atoms with Gasteiger partial charge in [0.1, 0.15) is 23.9 Å². The number of rotatable bonds is 12. The third kappa shape index (κ3) is 7.94. The minimum Gasteiger partial charge on any atom is -0.508 e. The predicted molar refractivity (Wildman–Crippen MR) is 122 cm³/mol. The summed E-state index contributed by atoms with van der Waals surface area (Å²) >= 11 is 0. The van der Waals surface area contributed by atoms with Crippen LogP contribution < -0.4 is 22.1 Å². The molecular weight excluding hydrogens is 478 g/mol. The molecule has 1 aliphatic rings. The highest BCUT2D eigenvalue weighted by atomic mass is 16.4. The Morgan fingerprint density at radius 2 is 1.64 bits per heavy atom. The normalized spacial score (nSPS) is 17.5. The van der Waals surface area contributed by atoms with Crippen LogP contribution in [0, 0.1) is 0 Å². The van der Waals surface area contributed by atoms with Gasteiger partial charge in [-0.15, -0.1) is 0 Å². The van der Waals surface area contributed by atoms with Crippen molar-refractivity contribution in [3.63, 3.8) is 0 Å². The molecule has 1 aromatic rings. The number of carboxylic acid groups (broad SMARTS) is 2. The third-order valence-electron chi connectivity index (χ3n) is 5.58. The summed E-state index contributed by atoms with van der Waals surface area (Å²) < 4.78 is 0. The fraction of sp³-hybridized carbons (Fsp3) is 0.455. The summed E-state index contributed by atoms with van der Waals surface area (Å²) in [5.74, 6) is -6.28. The number of aromatic hydroxyl groups is 1. The van der Waals surface area contributed by atoms with Gasteiger partial charge < -0.3 is 42.3 Å². The van der Waals surface area contributed by atoms with Gasteiger partial charge >= 0.3 is 11.9 Å². The number of phenols is 1. The lowest BCUT2D eigenvalue weighted by molar-refractivity contribution is -0.147. The zero-order chi connectivity index (χ0) is 27.0. The van der Waals surface area contributed by atoms with Crippen molar-refractivity contribution in [3.8, 4) is 5.75 Å². The molecule has 1 aromatic carbocycles. The molecule has 4 amide bonds. The summed E-state index contributed by atoms with van der Waals surface area (Å²) in [6.07, 6.45) is -0.857. The molecule has 4 atom stereocenters. The molecule has 2 rings (SSSR count). The molecule has 4 unspecified atom stereocenters. The van der Waals surface area contributed by atoms with Gasteiger partial charge in [0.2, 0.25) is 23.6 Å². The Kier molecular flexibility index (Phi) is 9.73. The summed E-state index contributed by atoms with van der Waals surface area (Å²) in [5.41, 5.74) is 11.5. The summed E-state index contributed by atoms with van der Waals surface area (Å²) in [6, 6.07) is 0.528. The maximum atomic E-state index is 13.2. The number of carbonyl (C=O) groups excluding carboxylic acids is 4. The average molecular weight is 508 g/mol. The van der Waals surface area contributed by atoms with Gasteiger partial charge in [0.25, 0.3) is 0 Å². The number of hydrogen-bond donors (Lipinski definition) is 7. The SMILES string of the molecule is NC(=O)CC(NC(=O)C1CCCN1C(=O)C(CC(=O)O)NC(=O)C(N)Cc1ccc(O)cc1)C(=O)O. The van der Waals surface area contributed by atoms with Crippen molar-refractivity contribution in [2.45, 2.75) is 56.3 Å². The molecule has 0 aliphatic carbocycles. The first-order valence-corrected chi connectivity index (χ1v) is 11.1. The minimum atomic E-state index is -1.60. The Morgan fingerprint density at radius 1 is 1.00 bits per heavy atom. The zero-order valence-electron chi connectivity index (χ0n) is 19.3. The van der Waals surface area contributed by atoms with Crippen LogP contribution in [0.2, 0.25) is 0 Å². The Labute approximate surface area is 205 Å². The van der Waals surface area contributed by atoms with E-state index in [2.05, 4.69) is 10.6 Å². The zero-order valence-corrected chi connectivity index (χ0v) is 19.3. The second-order valence-corrected chi connectivity index (χ2v) is 8.40. The van der Waals surface area contributed by atoms with E-state index in [0.29, 0.717) is 12.0 Å². The molecule has 1 saturated heterocycles. The number of nitrogens with one attached hydrogen (secondary N) is 2. The molecule has 0 saturated carbocycles. The van der Waals surface area contributed by atoms with E-state index >= 15 is 0 Å². The van der Waals surface area contributed by atoms with Crippen molar-refractivity contribution < 1.29 is 44.1 Å². The molecule has 196 valence electrons. The van der Waals surface area contributed by atoms with Gasteiger partial charge in [0, 0.05) is 6.54 Å². The van der Waals surface area contributed by atoms with Crippen LogP contribution in [-0.4, -0.2) is 86.5 Å². The second kappa shape index (κ2) is 12.5. The molecular formula is C22H29N5O9. The van der Waals surface area contributed by atoms with Gasteiger partial charge in [-0.2, -0.15) is 0 Å². The minimum absolute atomic E-state index is 0.0254. The van der Waals surface area contributed by atoms with Crippen molar-refractivity contribution in [1.82, 2.24) is 15.5 Å². The second-order valence-electron chi connectivity index (χ2n) is 8.40. The van der Waals surface area contributed by atoms with E-state index in [1.807, 2.05) is 0 Å². The van der Waals surface area contributed by atoms with Crippen LogP contribution in [-0.2, 0) is 35.2 Å². The van der Waals surface area contributed by atoms with Gasteiger partial charge in [-0.1, -0.05) is 12.1 Å². The van der Waals surface area contributed by atoms with Crippen molar-refractivity contribution >= 4 is 35.6 Å². The molecule has 0 spiro atoms. The molecule has 1 heterocycles. The van der Waals surface area contributed by atoms with Crippen molar-refractivity contribution in [2.24, 2.45) is 11.5 Å². The van der Waals surface area contributed by atoms with Crippen LogP contribution in [0.15, 0.2) is 24.3 Å². The summed E-state index contributed by atoms with van der Waals surface area (Å²) in [7, 11) is 0. The number of benzene rings is 1. The number of amides is 4. The molecule has 1 aliphatic heterocycles. The highest BCUT2D eigenvalue weighted by Gasteiger charge is 2.40. The number of nitrogens with zero attached hydrogens (tertiary/aromatic N) is 1. The van der Waals surface area contributed by atoms with Crippen LogP contribution in [0.4, 0.5) is 0 Å². The number of carbonyl (C=O) groups is 6. The highest BCUT2D eigenvalue weighted by Crippen LogP contribution is 2.20. The predicted octanol–water partition coefficient (Wildman–Crippen LogP) is -2.34. The Bertz CT molecular complexity index is 1010. The fourth-order valence-electron chi connectivity index (χ4n) is 3.80. The van der Waals surface area contributed by atoms with E-state index < -0.39 is 72.6 Å². The Balaban J connectivity index is 2.11. The number of primary amides is 1. The summed E-state index contributed by atoms with van der Waals surface area (Å²) in [6.45, 7) is 0.0655. The maximum Gasteiger partial charge on any atom is 0.326 e. The number of carboxylic acids is 2. The quantitative estimate of drug-likeness (QED) is 0.159. The van der Waals surface area contributed by atoms with E-state index in [4.69, 9.17) is 11.5 Å². The van der Waals surface area contributed by atoms with Crippen LogP contribution in [0.5, 0.6) is 5.75 Å². The monoisotopic (exact) mass is 507 g/mol. The molecule has 14 nitrogen and oxygen atoms in total. The van der Waals surface area contributed by atoms with Crippen LogP contribution in [0.1, 0.15) is 31.2 Å². The molecule has 36 heavy (non-hydrogen) atoms. The standard InChI is InChI=1S/C22H29N5O9/c23-13(8-11-3-5-12(28)6-4-11)19(32)25-14(10-18(30)31)21(34)27-7-1-2-16(27)20(33)26-15(22(35)36)9-17(24)29/h3-6,13-16,28H,1-2,7-10,23H2,(H2,24,29)(H,25,32)(H,26,33)(H,30,31)(H,35,36). The first-order valence-electron chi connectivity index (χ1n) is 11.1. The van der Waals surface area contributed by atoms with E-state index in [1.165, 1.54) is 12.1 Å². The van der Waals surface area contributed by atoms with Crippen LogP contribution in [0.3, 0.4) is 0 Å². The molecule has 0 bridgehead atoms. The highest BCUT2D eigenvalue weighted by molar-refractivity contribution is 5.96. The topological polar surface area (TPSA) is 242 Å². The average Bonchev–Trinajstić information content (AvgIpc) is 3.28. The van der Waals surface area contributed by atoms with Gasteiger partial charge in [0.15, 0.2) is 0 Å². The fourth-order valence-corrected chi connectivity index (χ4v) is 3.80. The number of aliphatic carboxylic acids is 2. The largest absolute Gasteiger partial charge is 0.508 e. The molecule has 9 N–H and O–H groups in total. The first-order chi connectivity index (χ1) is 16.9. The third-order valence-corrected chi connectivity index (χ3v) is 5.58. The molecule has 14 heteroatoms. The van der Waals surface area contributed by atoms with Crippen LogP contribution >= 0.6 is 0 Å². The number of hydrogen-bond acceptors (Lipinski definition) is 8. The maximum absolute atomic E-state index is 13.2. The lowest BCUT2D eigenvalue weighted by Gasteiger charge is -2.29.